The first-order valence-electron chi connectivity index (χ1n) is 12.0. The highest BCUT2D eigenvalue weighted by Gasteiger charge is 2.35. The Morgan fingerprint density at radius 1 is 1.24 bits per heavy atom. The number of amides is 2. The second kappa shape index (κ2) is 12.9. The normalized spacial score (nSPS) is 16.3. The molecular weight excluding hydrogens is 491 g/mol. The Hall–Kier alpha value is -1.60. The van der Waals surface area contributed by atoms with Crippen LogP contribution in [0.25, 0.3) is 0 Å². The first-order valence-corrected chi connectivity index (χ1v) is 13.6. The van der Waals surface area contributed by atoms with Crippen LogP contribution >= 0.6 is 34.5 Å². The van der Waals surface area contributed by atoms with Crippen molar-refractivity contribution in [1.82, 2.24) is 9.80 Å². The van der Waals surface area contributed by atoms with Gasteiger partial charge in [-0.15, -0.1) is 11.3 Å². The molecule has 5 nitrogen and oxygen atoms in total. The molecule has 0 aliphatic carbocycles. The van der Waals surface area contributed by atoms with Crippen LogP contribution < -0.4 is 0 Å². The zero-order chi connectivity index (χ0) is 24.7. The standard InChI is InChI=1S/C26H34Cl2N2O3S/c1-4-6-7-18(5-2)26(32)29(13-14-33-3)17-24(31)30-12-10-23-21(11-15-34-23)25(30)20-9-8-19(27)16-22(20)28/h8-9,11,15-16,18,25H,4-7,10,12-14,17H2,1-3H3. The van der Waals surface area contributed by atoms with E-state index in [9.17, 15) is 9.59 Å². The monoisotopic (exact) mass is 524 g/mol. The van der Waals surface area contributed by atoms with E-state index in [1.807, 2.05) is 17.9 Å². The smallest absolute Gasteiger partial charge is 0.242 e. The summed E-state index contributed by atoms with van der Waals surface area (Å²) in [6.45, 7) is 5.57. The zero-order valence-electron chi connectivity index (χ0n) is 20.2. The number of ether oxygens (including phenoxy) is 1. The third kappa shape index (κ3) is 6.34. The van der Waals surface area contributed by atoms with Crippen LogP contribution in [0.15, 0.2) is 29.6 Å². The van der Waals surface area contributed by atoms with E-state index in [1.165, 1.54) is 4.88 Å². The second-order valence-electron chi connectivity index (χ2n) is 8.70. The van der Waals surface area contributed by atoms with Crippen LogP contribution in [-0.4, -0.2) is 55.0 Å². The van der Waals surface area contributed by atoms with E-state index in [0.29, 0.717) is 29.7 Å². The molecule has 0 spiro atoms. The van der Waals surface area contributed by atoms with E-state index in [4.69, 9.17) is 27.9 Å². The van der Waals surface area contributed by atoms with Gasteiger partial charge in [-0.1, -0.05) is 56.0 Å². The van der Waals surface area contributed by atoms with Gasteiger partial charge in [0.15, 0.2) is 0 Å². The fourth-order valence-electron chi connectivity index (χ4n) is 4.58. The Kier molecular flexibility index (Phi) is 10.3. The van der Waals surface area contributed by atoms with Gasteiger partial charge in [0.1, 0.15) is 0 Å². The largest absolute Gasteiger partial charge is 0.383 e. The van der Waals surface area contributed by atoms with Crippen molar-refractivity contribution in [3.05, 3.63) is 55.7 Å². The number of carbonyl (C=O) groups excluding carboxylic acids is 2. The van der Waals surface area contributed by atoms with Gasteiger partial charge >= 0.3 is 0 Å². The molecule has 186 valence electrons. The molecule has 1 aromatic heterocycles. The number of nitrogens with zero attached hydrogens (tertiary/aromatic N) is 2. The number of halogens is 2. The average molecular weight is 526 g/mol. The van der Waals surface area contributed by atoms with Crippen molar-refractivity contribution in [3.8, 4) is 0 Å². The van der Waals surface area contributed by atoms with E-state index in [0.717, 1.165) is 43.2 Å². The highest BCUT2D eigenvalue weighted by Crippen LogP contribution is 2.41. The molecule has 1 aromatic carbocycles. The van der Waals surface area contributed by atoms with E-state index in [1.54, 1.807) is 35.5 Å². The summed E-state index contributed by atoms with van der Waals surface area (Å²) < 4.78 is 5.25. The SMILES string of the molecule is CCCCC(CC)C(=O)N(CCOC)CC(=O)N1CCc2sccc2C1c1ccc(Cl)cc1Cl. The lowest BCUT2D eigenvalue weighted by atomic mass is 9.93. The van der Waals surface area contributed by atoms with Crippen molar-refractivity contribution < 1.29 is 14.3 Å². The minimum Gasteiger partial charge on any atom is -0.383 e. The Labute approximate surface area is 217 Å². The Bertz CT molecular complexity index is 981. The molecule has 1 aliphatic rings. The summed E-state index contributed by atoms with van der Waals surface area (Å²) in [5.74, 6) is -0.116. The Balaban J connectivity index is 1.88. The van der Waals surface area contributed by atoms with Gasteiger partial charge in [0.05, 0.1) is 19.2 Å². The van der Waals surface area contributed by atoms with Crippen LogP contribution in [0.2, 0.25) is 10.0 Å². The molecule has 3 rings (SSSR count). The molecule has 0 saturated heterocycles. The molecular formula is C26H34Cl2N2O3S. The van der Waals surface area contributed by atoms with Gasteiger partial charge in [-0.05, 0) is 54.0 Å². The first-order chi connectivity index (χ1) is 16.4. The number of rotatable bonds is 11. The Morgan fingerprint density at radius 2 is 2.03 bits per heavy atom. The number of thiophene rings is 1. The summed E-state index contributed by atoms with van der Waals surface area (Å²) in [5.41, 5.74) is 1.95. The Morgan fingerprint density at radius 3 is 2.71 bits per heavy atom. The van der Waals surface area contributed by atoms with Crippen LogP contribution in [0.3, 0.4) is 0 Å². The molecule has 0 saturated carbocycles. The van der Waals surface area contributed by atoms with E-state index < -0.39 is 0 Å². The molecule has 2 aromatic rings. The van der Waals surface area contributed by atoms with E-state index >= 15 is 0 Å². The molecule has 0 fully saturated rings. The molecule has 1 aliphatic heterocycles. The van der Waals surface area contributed by atoms with Crippen molar-refractivity contribution in [2.75, 3.05) is 33.4 Å². The van der Waals surface area contributed by atoms with Crippen LogP contribution in [0, 0.1) is 5.92 Å². The average Bonchev–Trinajstić information content (AvgIpc) is 3.30. The lowest BCUT2D eigenvalue weighted by Crippen LogP contribution is -2.48. The van der Waals surface area contributed by atoms with Crippen LogP contribution in [0.5, 0.6) is 0 Å². The zero-order valence-corrected chi connectivity index (χ0v) is 22.5. The van der Waals surface area contributed by atoms with Gasteiger partial charge in [0.2, 0.25) is 11.8 Å². The van der Waals surface area contributed by atoms with E-state index in [2.05, 4.69) is 18.4 Å². The topological polar surface area (TPSA) is 49.9 Å². The molecule has 2 unspecified atom stereocenters. The summed E-state index contributed by atoms with van der Waals surface area (Å²) in [7, 11) is 1.61. The van der Waals surface area contributed by atoms with Crippen molar-refractivity contribution in [3.63, 3.8) is 0 Å². The van der Waals surface area contributed by atoms with Crippen molar-refractivity contribution in [2.24, 2.45) is 5.92 Å². The fraction of sp³-hybridized carbons (Fsp3) is 0.538. The number of hydrogen-bond acceptors (Lipinski definition) is 4. The maximum Gasteiger partial charge on any atom is 0.242 e. The van der Waals surface area contributed by atoms with Crippen molar-refractivity contribution in [2.45, 2.75) is 52.0 Å². The van der Waals surface area contributed by atoms with Crippen molar-refractivity contribution in [1.29, 1.82) is 0 Å². The molecule has 2 heterocycles. The predicted molar refractivity (Wildman–Crippen MR) is 140 cm³/mol. The highest BCUT2D eigenvalue weighted by atomic mass is 35.5. The van der Waals surface area contributed by atoms with Gasteiger partial charge in [0, 0.05) is 41.0 Å². The fourth-order valence-corrected chi connectivity index (χ4v) is 5.99. The molecule has 8 heteroatoms. The number of benzene rings is 1. The molecule has 0 bridgehead atoms. The highest BCUT2D eigenvalue weighted by molar-refractivity contribution is 7.10. The summed E-state index contributed by atoms with van der Waals surface area (Å²) in [6.07, 6.45) is 4.44. The van der Waals surface area contributed by atoms with Gasteiger partial charge in [-0.25, -0.2) is 0 Å². The minimum atomic E-state index is -0.297. The van der Waals surface area contributed by atoms with Crippen LogP contribution in [0.1, 0.15) is 61.6 Å². The van der Waals surface area contributed by atoms with Gasteiger partial charge < -0.3 is 14.5 Å². The minimum absolute atomic E-state index is 0.0337. The lowest BCUT2D eigenvalue weighted by molar-refractivity contribution is -0.144. The molecule has 2 atom stereocenters. The van der Waals surface area contributed by atoms with Crippen molar-refractivity contribution >= 4 is 46.4 Å². The maximum atomic E-state index is 13.7. The third-order valence-electron chi connectivity index (χ3n) is 6.49. The predicted octanol–water partition coefficient (Wildman–Crippen LogP) is 6.22. The molecule has 34 heavy (non-hydrogen) atoms. The summed E-state index contributed by atoms with van der Waals surface area (Å²) in [4.78, 5) is 31.9. The number of unbranched alkanes of at least 4 members (excludes halogenated alkanes) is 1. The molecule has 2 amide bonds. The van der Waals surface area contributed by atoms with Crippen LogP contribution in [-0.2, 0) is 20.7 Å². The number of methoxy groups -OCH3 is 1. The second-order valence-corrected chi connectivity index (χ2v) is 10.5. The summed E-state index contributed by atoms with van der Waals surface area (Å²) in [6, 6.07) is 7.19. The summed E-state index contributed by atoms with van der Waals surface area (Å²) in [5, 5.41) is 3.15. The van der Waals surface area contributed by atoms with Gasteiger partial charge in [0.25, 0.3) is 0 Å². The molecule has 0 N–H and O–H groups in total. The number of hydrogen-bond donors (Lipinski definition) is 0. The van der Waals surface area contributed by atoms with Crippen LogP contribution in [0.4, 0.5) is 0 Å². The first kappa shape index (κ1) is 27.0. The van der Waals surface area contributed by atoms with Gasteiger partial charge in [-0.3, -0.25) is 9.59 Å². The quantitative estimate of drug-likeness (QED) is 0.350. The molecule has 0 radical (unpaired) electrons. The number of carbonyl (C=O) groups is 2. The summed E-state index contributed by atoms with van der Waals surface area (Å²) >= 11 is 14.4. The van der Waals surface area contributed by atoms with E-state index in [-0.39, 0.29) is 30.3 Å². The lowest BCUT2D eigenvalue weighted by Gasteiger charge is -2.38. The maximum absolute atomic E-state index is 13.7. The van der Waals surface area contributed by atoms with Gasteiger partial charge in [-0.2, -0.15) is 0 Å². The third-order valence-corrected chi connectivity index (χ3v) is 8.05. The number of fused-ring (bicyclic) bond motifs is 1.